The lowest BCUT2D eigenvalue weighted by Gasteiger charge is -2.34. The predicted molar refractivity (Wildman–Crippen MR) is 78.2 cm³/mol. The average molecular weight is 299 g/mol. The number of carbonyl (C=O) groups is 1. The first-order chi connectivity index (χ1) is 9.72. The summed E-state index contributed by atoms with van der Waals surface area (Å²) < 4.78 is 4.63. The van der Waals surface area contributed by atoms with Crippen LogP contribution in [-0.2, 0) is 16.0 Å². The van der Waals surface area contributed by atoms with Crippen LogP contribution in [0.4, 0.5) is 5.13 Å². The zero-order valence-corrected chi connectivity index (χ0v) is 12.6. The van der Waals surface area contributed by atoms with Gasteiger partial charge in [0, 0.05) is 44.5 Å². The third-order valence-corrected chi connectivity index (χ3v) is 4.36. The van der Waals surface area contributed by atoms with Crippen LogP contribution in [0.25, 0.3) is 0 Å². The molecule has 1 saturated heterocycles. The Morgan fingerprint density at radius 2 is 2.20 bits per heavy atom. The normalized spacial score (nSPS) is 16.4. The molecule has 1 fully saturated rings. The average Bonchev–Trinajstić information content (AvgIpc) is 2.95. The largest absolute Gasteiger partial charge is 0.469 e. The first kappa shape index (κ1) is 15.2. The van der Waals surface area contributed by atoms with Gasteiger partial charge < -0.3 is 14.7 Å². The molecule has 2 heterocycles. The van der Waals surface area contributed by atoms with Crippen molar-refractivity contribution in [3.05, 3.63) is 11.1 Å². The molecule has 0 bridgehead atoms. The highest BCUT2D eigenvalue weighted by molar-refractivity contribution is 7.13. The van der Waals surface area contributed by atoms with Crippen LogP contribution in [0.3, 0.4) is 0 Å². The van der Waals surface area contributed by atoms with E-state index >= 15 is 0 Å². The molecule has 0 aromatic carbocycles. The summed E-state index contributed by atoms with van der Waals surface area (Å²) in [6.45, 7) is 4.74. The highest BCUT2D eigenvalue weighted by Gasteiger charge is 2.19. The van der Waals surface area contributed by atoms with Crippen LogP contribution in [0.2, 0.25) is 0 Å². The minimum atomic E-state index is -0.197. The highest BCUT2D eigenvalue weighted by atomic mass is 32.1. The number of carbonyl (C=O) groups excluding carboxylic acids is 1. The molecule has 2 rings (SSSR count). The molecule has 0 atom stereocenters. The Kier molecular flexibility index (Phi) is 5.75. The number of β-amino-alcohol motifs (C(OH)–C–C–N with tert-alkyl or cyclic N) is 1. The number of aryl methyl sites for hydroxylation is 1. The van der Waals surface area contributed by atoms with Gasteiger partial charge >= 0.3 is 5.97 Å². The second kappa shape index (κ2) is 7.56. The summed E-state index contributed by atoms with van der Waals surface area (Å²) in [4.78, 5) is 20.2. The van der Waals surface area contributed by atoms with E-state index in [9.17, 15) is 4.79 Å². The molecule has 112 valence electrons. The molecule has 1 aliphatic heterocycles. The van der Waals surface area contributed by atoms with Crippen molar-refractivity contribution in [2.24, 2.45) is 0 Å². The van der Waals surface area contributed by atoms with Gasteiger partial charge in [0.1, 0.15) is 0 Å². The van der Waals surface area contributed by atoms with Gasteiger partial charge in [-0.05, 0) is 0 Å². The lowest BCUT2D eigenvalue weighted by Crippen LogP contribution is -2.47. The Labute approximate surface area is 123 Å². The fourth-order valence-electron chi connectivity index (χ4n) is 2.19. The highest BCUT2D eigenvalue weighted by Crippen LogP contribution is 2.22. The summed E-state index contributed by atoms with van der Waals surface area (Å²) in [5.74, 6) is -0.197. The first-order valence-corrected chi connectivity index (χ1v) is 7.70. The maximum absolute atomic E-state index is 11.1. The van der Waals surface area contributed by atoms with Gasteiger partial charge in [-0.1, -0.05) is 0 Å². The maximum Gasteiger partial charge on any atom is 0.305 e. The number of hydrogen-bond acceptors (Lipinski definition) is 7. The number of ether oxygens (including phenoxy) is 1. The van der Waals surface area contributed by atoms with Crippen LogP contribution in [-0.4, -0.2) is 67.4 Å². The topological polar surface area (TPSA) is 65.9 Å². The van der Waals surface area contributed by atoms with Crippen LogP contribution < -0.4 is 4.90 Å². The minimum Gasteiger partial charge on any atom is -0.469 e. The first-order valence-electron chi connectivity index (χ1n) is 6.82. The van der Waals surface area contributed by atoms with Crippen LogP contribution in [0.1, 0.15) is 12.1 Å². The zero-order valence-electron chi connectivity index (χ0n) is 11.7. The van der Waals surface area contributed by atoms with E-state index in [-0.39, 0.29) is 12.6 Å². The molecule has 0 amide bonds. The van der Waals surface area contributed by atoms with Crippen molar-refractivity contribution in [3.63, 3.8) is 0 Å². The smallest absolute Gasteiger partial charge is 0.305 e. The molecule has 1 aromatic heterocycles. The van der Waals surface area contributed by atoms with Gasteiger partial charge in [-0.15, -0.1) is 11.3 Å². The molecule has 0 unspecified atom stereocenters. The quantitative estimate of drug-likeness (QED) is 0.765. The van der Waals surface area contributed by atoms with Gasteiger partial charge in [-0.25, -0.2) is 4.98 Å². The van der Waals surface area contributed by atoms with Crippen LogP contribution >= 0.6 is 11.3 Å². The van der Waals surface area contributed by atoms with E-state index in [1.54, 1.807) is 11.3 Å². The monoisotopic (exact) mass is 299 g/mol. The SMILES string of the molecule is COC(=O)CCc1csc(N2CCN(CCO)CC2)n1. The maximum atomic E-state index is 11.1. The van der Waals surface area contributed by atoms with E-state index in [1.807, 2.05) is 5.38 Å². The van der Waals surface area contributed by atoms with Crippen molar-refractivity contribution < 1.29 is 14.6 Å². The van der Waals surface area contributed by atoms with E-state index in [0.29, 0.717) is 12.8 Å². The number of thiazole rings is 1. The van der Waals surface area contributed by atoms with Crippen LogP contribution in [0.5, 0.6) is 0 Å². The standard InChI is InChI=1S/C13H21N3O3S/c1-19-12(18)3-2-11-10-20-13(14-11)16-6-4-15(5-7-16)8-9-17/h10,17H,2-9H2,1H3. The second-order valence-electron chi connectivity index (χ2n) is 4.75. The molecule has 7 heteroatoms. The van der Waals surface area contributed by atoms with E-state index in [2.05, 4.69) is 19.5 Å². The van der Waals surface area contributed by atoms with Gasteiger partial charge in [0.2, 0.25) is 0 Å². The third kappa shape index (κ3) is 4.16. The van der Waals surface area contributed by atoms with Gasteiger partial charge in [0.15, 0.2) is 5.13 Å². The van der Waals surface area contributed by atoms with Gasteiger partial charge in [-0.2, -0.15) is 0 Å². The number of aromatic nitrogens is 1. The van der Waals surface area contributed by atoms with Crippen molar-refractivity contribution in [2.45, 2.75) is 12.8 Å². The number of rotatable bonds is 6. The number of piperazine rings is 1. The lowest BCUT2D eigenvalue weighted by atomic mass is 10.2. The van der Waals surface area contributed by atoms with Gasteiger partial charge in [0.05, 0.1) is 25.8 Å². The Morgan fingerprint density at radius 1 is 1.45 bits per heavy atom. The number of nitrogens with zero attached hydrogens (tertiary/aromatic N) is 3. The summed E-state index contributed by atoms with van der Waals surface area (Å²) in [7, 11) is 1.40. The van der Waals surface area contributed by atoms with Crippen LogP contribution in [0, 0.1) is 0 Å². The Bertz CT molecular complexity index is 430. The van der Waals surface area contributed by atoms with Crippen molar-refractivity contribution in [3.8, 4) is 0 Å². The molecular weight excluding hydrogens is 278 g/mol. The minimum absolute atomic E-state index is 0.197. The number of hydrogen-bond donors (Lipinski definition) is 1. The number of aliphatic hydroxyl groups is 1. The Morgan fingerprint density at radius 3 is 2.85 bits per heavy atom. The van der Waals surface area contributed by atoms with E-state index in [1.165, 1.54) is 7.11 Å². The zero-order chi connectivity index (χ0) is 14.4. The number of aliphatic hydroxyl groups excluding tert-OH is 1. The summed E-state index contributed by atoms with van der Waals surface area (Å²) in [6.07, 6.45) is 1.01. The fourth-order valence-corrected chi connectivity index (χ4v) is 3.11. The number of methoxy groups -OCH3 is 1. The Hall–Kier alpha value is -1.18. The van der Waals surface area contributed by atoms with Gasteiger partial charge in [-0.3, -0.25) is 9.69 Å². The lowest BCUT2D eigenvalue weighted by molar-refractivity contribution is -0.140. The molecule has 1 aromatic rings. The second-order valence-corrected chi connectivity index (χ2v) is 5.59. The van der Waals surface area contributed by atoms with Crippen LogP contribution in [0.15, 0.2) is 5.38 Å². The Balaban J connectivity index is 1.82. The van der Waals surface area contributed by atoms with E-state index in [4.69, 9.17) is 5.11 Å². The third-order valence-electron chi connectivity index (χ3n) is 3.41. The number of anilines is 1. The molecule has 0 spiro atoms. The molecule has 1 aliphatic rings. The molecule has 0 radical (unpaired) electrons. The molecule has 20 heavy (non-hydrogen) atoms. The van der Waals surface area contributed by atoms with E-state index in [0.717, 1.165) is 43.5 Å². The number of esters is 1. The van der Waals surface area contributed by atoms with Crippen molar-refractivity contribution >= 4 is 22.4 Å². The summed E-state index contributed by atoms with van der Waals surface area (Å²) in [5.41, 5.74) is 0.952. The van der Waals surface area contributed by atoms with Crippen molar-refractivity contribution in [2.75, 3.05) is 51.3 Å². The molecule has 0 aliphatic carbocycles. The molecular formula is C13H21N3O3S. The van der Waals surface area contributed by atoms with Gasteiger partial charge in [0.25, 0.3) is 0 Å². The molecule has 6 nitrogen and oxygen atoms in total. The summed E-state index contributed by atoms with van der Waals surface area (Å²) in [6, 6.07) is 0. The van der Waals surface area contributed by atoms with E-state index < -0.39 is 0 Å². The predicted octanol–water partition coefficient (Wildman–Crippen LogP) is 0.363. The van der Waals surface area contributed by atoms with Crippen molar-refractivity contribution in [1.29, 1.82) is 0 Å². The fraction of sp³-hybridized carbons (Fsp3) is 0.692. The summed E-state index contributed by atoms with van der Waals surface area (Å²) >= 11 is 1.62. The van der Waals surface area contributed by atoms with Crippen molar-refractivity contribution in [1.82, 2.24) is 9.88 Å². The summed E-state index contributed by atoms with van der Waals surface area (Å²) in [5, 5.41) is 12.0. The molecule has 0 saturated carbocycles. The molecule has 1 N–H and O–H groups in total.